The predicted octanol–water partition coefficient (Wildman–Crippen LogP) is 3.33. The first kappa shape index (κ1) is 13.0. The fraction of sp³-hybridized carbons (Fsp3) is 0.222. The van der Waals surface area contributed by atoms with Crippen LogP contribution in [-0.2, 0) is 11.0 Å². The maximum absolute atomic E-state index is 12.4. The maximum Gasteiger partial charge on any atom is 0.416 e. The number of benzene rings is 1. The Bertz CT molecular complexity index is 391. The SMILES string of the molecule is O=C(Nc1cccc(C(F)(F)F)c1)C(F)Br. The molecule has 0 aliphatic carbocycles. The number of rotatable bonds is 2. The highest BCUT2D eigenvalue weighted by molar-refractivity contribution is 9.09. The summed E-state index contributed by atoms with van der Waals surface area (Å²) in [6.07, 6.45) is -4.50. The van der Waals surface area contributed by atoms with Crippen molar-refractivity contribution in [2.45, 2.75) is 11.3 Å². The lowest BCUT2D eigenvalue weighted by molar-refractivity contribution is -0.137. The lowest BCUT2D eigenvalue weighted by atomic mass is 10.2. The van der Waals surface area contributed by atoms with E-state index in [-0.39, 0.29) is 5.69 Å². The molecule has 0 saturated carbocycles. The number of nitrogens with one attached hydrogen (secondary N) is 1. The van der Waals surface area contributed by atoms with Crippen LogP contribution in [-0.4, -0.2) is 11.0 Å². The third-order valence-corrected chi connectivity index (χ3v) is 2.07. The smallest absolute Gasteiger partial charge is 0.323 e. The highest BCUT2D eigenvalue weighted by Crippen LogP contribution is 2.30. The van der Waals surface area contributed by atoms with Gasteiger partial charge >= 0.3 is 6.18 Å². The van der Waals surface area contributed by atoms with Crippen LogP contribution in [0.4, 0.5) is 23.2 Å². The minimum Gasteiger partial charge on any atom is -0.323 e. The minimum absolute atomic E-state index is 0.109. The van der Waals surface area contributed by atoms with Crippen LogP contribution in [0.1, 0.15) is 5.56 Å². The van der Waals surface area contributed by atoms with Gasteiger partial charge in [0.15, 0.2) is 0 Å². The third kappa shape index (κ3) is 3.48. The van der Waals surface area contributed by atoms with Crippen molar-refractivity contribution >= 4 is 27.5 Å². The summed E-state index contributed by atoms with van der Waals surface area (Å²) < 4.78 is 49.2. The summed E-state index contributed by atoms with van der Waals surface area (Å²) in [4.78, 5) is 10.9. The first-order valence-electron chi connectivity index (χ1n) is 4.07. The number of anilines is 1. The van der Waals surface area contributed by atoms with E-state index in [2.05, 4.69) is 15.9 Å². The summed E-state index contributed by atoms with van der Waals surface area (Å²) in [6, 6.07) is 3.95. The molecule has 1 atom stereocenters. The topological polar surface area (TPSA) is 29.1 Å². The van der Waals surface area contributed by atoms with Crippen molar-refractivity contribution in [1.82, 2.24) is 0 Å². The number of hydrogen-bond acceptors (Lipinski definition) is 1. The van der Waals surface area contributed by atoms with E-state index in [1.165, 1.54) is 6.07 Å². The van der Waals surface area contributed by atoms with Gasteiger partial charge in [-0.25, -0.2) is 4.39 Å². The molecule has 1 aromatic rings. The molecule has 2 nitrogen and oxygen atoms in total. The van der Waals surface area contributed by atoms with Crippen molar-refractivity contribution in [3.05, 3.63) is 29.8 Å². The Morgan fingerprint density at radius 3 is 2.50 bits per heavy atom. The lowest BCUT2D eigenvalue weighted by Crippen LogP contribution is -2.19. The van der Waals surface area contributed by atoms with Crippen LogP contribution in [0.15, 0.2) is 24.3 Å². The van der Waals surface area contributed by atoms with Crippen molar-refractivity contribution in [1.29, 1.82) is 0 Å². The van der Waals surface area contributed by atoms with Gasteiger partial charge in [-0.05, 0) is 34.1 Å². The number of halogens is 5. The molecule has 1 unspecified atom stereocenters. The molecule has 0 spiro atoms. The van der Waals surface area contributed by atoms with Crippen LogP contribution in [0, 0.1) is 0 Å². The van der Waals surface area contributed by atoms with E-state index in [0.717, 1.165) is 18.2 Å². The number of amides is 1. The van der Waals surface area contributed by atoms with Gasteiger partial charge in [0.2, 0.25) is 5.08 Å². The van der Waals surface area contributed by atoms with E-state index < -0.39 is 22.7 Å². The van der Waals surface area contributed by atoms with Gasteiger partial charge in [0.25, 0.3) is 5.91 Å². The van der Waals surface area contributed by atoms with E-state index in [1.54, 1.807) is 0 Å². The molecule has 0 fully saturated rings. The summed E-state index contributed by atoms with van der Waals surface area (Å²) in [6.45, 7) is 0. The zero-order chi connectivity index (χ0) is 12.3. The largest absolute Gasteiger partial charge is 0.416 e. The van der Waals surface area contributed by atoms with Crippen molar-refractivity contribution in [3.8, 4) is 0 Å². The number of carbonyl (C=O) groups is 1. The first-order valence-corrected chi connectivity index (χ1v) is 4.98. The van der Waals surface area contributed by atoms with Crippen LogP contribution in [0.5, 0.6) is 0 Å². The highest BCUT2D eigenvalue weighted by atomic mass is 79.9. The Labute approximate surface area is 96.8 Å². The van der Waals surface area contributed by atoms with Crippen LogP contribution >= 0.6 is 15.9 Å². The van der Waals surface area contributed by atoms with Crippen molar-refractivity contribution in [2.75, 3.05) is 5.32 Å². The zero-order valence-corrected chi connectivity index (χ0v) is 9.27. The average molecular weight is 300 g/mol. The van der Waals surface area contributed by atoms with E-state index in [1.807, 2.05) is 5.32 Å². The van der Waals surface area contributed by atoms with E-state index in [9.17, 15) is 22.4 Å². The van der Waals surface area contributed by atoms with Gasteiger partial charge in [-0.1, -0.05) is 6.07 Å². The molecule has 0 radical (unpaired) electrons. The monoisotopic (exact) mass is 299 g/mol. The van der Waals surface area contributed by atoms with Crippen LogP contribution in [0.2, 0.25) is 0 Å². The van der Waals surface area contributed by atoms with Crippen molar-refractivity contribution < 1.29 is 22.4 Å². The molecule has 88 valence electrons. The van der Waals surface area contributed by atoms with Gasteiger partial charge in [-0.2, -0.15) is 13.2 Å². The second kappa shape index (κ2) is 4.82. The molecule has 0 saturated heterocycles. The Kier molecular flexibility index (Phi) is 3.90. The maximum atomic E-state index is 12.4. The van der Waals surface area contributed by atoms with Crippen LogP contribution in [0.25, 0.3) is 0 Å². The van der Waals surface area contributed by atoms with Gasteiger partial charge in [-0.15, -0.1) is 0 Å². The molecule has 0 bridgehead atoms. The summed E-state index contributed by atoms with van der Waals surface area (Å²) in [5.74, 6) is -1.06. The highest BCUT2D eigenvalue weighted by Gasteiger charge is 2.30. The van der Waals surface area contributed by atoms with Gasteiger partial charge in [0, 0.05) is 5.69 Å². The number of alkyl halides is 5. The predicted molar refractivity (Wildman–Crippen MR) is 53.9 cm³/mol. The number of carbonyl (C=O) groups excluding carboxylic acids is 1. The quantitative estimate of drug-likeness (QED) is 0.659. The second-order valence-electron chi connectivity index (χ2n) is 2.87. The Morgan fingerprint density at radius 2 is 2.00 bits per heavy atom. The van der Waals surface area contributed by atoms with Crippen LogP contribution in [0.3, 0.4) is 0 Å². The van der Waals surface area contributed by atoms with Gasteiger partial charge in [0.1, 0.15) is 0 Å². The Hall–Kier alpha value is -1.11. The number of hydrogen-bond donors (Lipinski definition) is 1. The van der Waals surface area contributed by atoms with Gasteiger partial charge < -0.3 is 5.32 Å². The van der Waals surface area contributed by atoms with Crippen molar-refractivity contribution in [3.63, 3.8) is 0 Å². The summed E-state index contributed by atoms with van der Waals surface area (Å²) in [5, 5.41) is 0.0366. The average Bonchev–Trinajstić information content (AvgIpc) is 2.16. The molecule has 0 aliphatic heterocycles. The third-order valence-electron chi connectivity index (χ3n) is 1.66. The van der Waals surface area contributed by atoms with Crippen LogP contribution < -0.4 is 5.32 Å². The standard InChI is InChI=1S/C9H6BrF4NO/c10-7(11)8(16)15-6-3-1-2-5(4-6)9(12,13)14/h1-4,7H,(H,15,16). The van der Waals surface area contributed by atoms with Gasteiger partial charge in [-0.3, -0.25) is 4.79 Å². The van der Waals surface area contributed by atoms with E-state index in [4.69, 9.17) is 0 Å². The Balaban J connectivity index is 2.88. The van der Waals surface area contributed by atoms with Gasteiger partial charge in [0.05, 0.1) is 5.56 Å². The normalized spacial score (nSPS) is 13.3. The fourth-order valence-electron chi connectivity index (χ4n) is 0.970. The second-order valence-corrected chi connectivity index (χ2v) is 3.67. The molecule has 0 heterocycles. The molecular formula is C9H6BrF4NO. The molecule has 1 aromatic carbocycles. The van der Waals surface area contributed by atoms with E-state index in [0.29, 0.717) is 0 Å². The van der Waals surface area contributed by atoms with E-state index >= 15 is 0 Å². The first-order chi connectivity index (χ1) is 7.30. The summed E-state index contributed by atoms with van der Waals surface area (Å²) >= 11 is 2.35. The molecular weight excluding hydrogens is 294 g/mol. The zero-order valence-electron chi connectivity index (χ0n) is 7.68. The van der Waals surface area contributed by atoms with Crippen molar-refractivity contribution in [2.24, 2.45) is 0 Å². The fourth-order valence-corrected chi connectivity index (χ4v) is 1.08. The Morgan fingerprint density at radius 1 is 1.38 bits per heavy atom. The molecule has 1 N–H and O–H groups in total. The lowest BCUT2D eigenvalue weighted by Gasteiger charge is -2.09. The summed E-state index contributed by atoms with van der Waals surface area (Å²) in [5.41, 5.74) is -1.02. The minimum atomic E-state index is -4.50. The molecule has 0 aliphatic rings. The molecule has 7 heteroatoms. The molecule has 1 rings (SSSR count). The molecule has 0 aromatic heterocycles. The molecule has 16 heavy (non-hydrogen) atoms. The summed E-state index contributed by atoms with van der Waals surface area (Å²) in [7, 11) is 0. The molecule has 1 amide bonds.